The molecule has 0 fully saturated rings. The van der Waals surface area contributed by atoms with Gasteiger partial charge in [0.25, 0.3) is 5.56 Å². The summed E-state index contributed by atoms with van der Waals surface area (Å²) in [5.74, 6) is -0.784. The minimum atomic E-state index is -1.30. The molecule has 0 saturated carbocycles. The minimum Gasteiger partial charge on any atom is -0.477 e. The molecule has 8 nitrogen and oxygen atoms in total. The van der Waals surface area contributed by atoms with Crippen LogP contribution < -0.4 is 20.9 Å². The minimum absolute atomic E-state index is 0.206. The highest BCUT2D eigenvalue weighted by atomic mass is 16.5. The number of nitrogens with one attached hydrogen (secondary N) is 3. The van der Waals surface area contributed by atoms with Gasteiger partial charge >= 0.3 is 5.97 Å². The lowest BCUT2D eigenvalue weighted by Crippen LogP contribution is -2.21. The number of aromatic carboxylic acids is 1. The van der Waals surface area contributed by atoms with Crippen molar-refractivity contribution in [3.05, 3.63) is 39.9 Å². The summed E-state index contributed by atoms with van der Waals surface area (Å²) in [6.45, 7) is 7.08. The second-order valence-corrected chi connectivity index (χ2v) is 4.78. The zero-order valence-electron chi connectivity index (χ0n) is 13.8. The first-order chi connectivity index (χ1) is 11.6. The molecule has 0 aromatic carbocycles. The second kappa shape index (κ2) is 7.49. The van der Waals surface area contributed by atoms with Crippen LogP contribution >= 0.6 is 0 Å². The Morgan fingerprint density at radius 3 is 2.83 bits per heavy atom. The Bertz CT molecular complexity index is 801. The summed E-state index contributed by atoms with van der Waals surface area (Å²) in [6.07, 6.45) is 2.94. The van der Waals surface area contributed by atoms with Crippen molar-refractivity contribution in [2.24, 2.45) is 0 Å². The number of fused-ring (bicyclic) bond motifs is 1. The van der Waals surface area contributed by atoms with Gasteiger partial charge in [0, 0.05) is 18.3 Å². The summed E-state index contributed by atoms with van der Waals surface area (Å²) in [5, 5.41) is 15.3. The molecule has 0 spiro atoms. The van der Waals surface area contributed by atoms with Gasteiger partial charge in [0.1, 0.15) is 17.9 Å². The number of nitrogens with zero attached hydrogens (tertiary/aromatic N) is 1. The average molecular weight is 332 g/mol. The van der Waals surface area contributed by atoms with E-state index in [2.05, 4.69) is 20.6 Å². The highest BCUT2D eigenvalue weighted by Crippen LogP contribution is 2.34. The predicted molar refractivity (Wildman–Crippen MR) is 91.6 cm³/mol. The van der Waals surface area contributed by atoms with Gasteiger partial charge in [-0.05, 0) is 13.0 Å². The van der Waals surface area contributed by atoms with E-state index >= 15 is 0 Å². The van der Waals surface area contributed by atoms with Gasteiger partial charge in [-0.15, -0.1) is 0 Å². The zero-order chi connectivity index (χ0) is 17.7. The molecule has 1 aliphatic heterocycles. The van der Waals surface area contributed by atoms with Crippen LogP contribution in [0.1, 0.15) is 29.8 Å². The number of aromatic amines is 1. The lowest BCUT2D eigenvalue weighted by Gasteiger charge is -2.22. The third kappa shape index (κ3) is 3.32. The summed E-state index contributed by atoms with van der Waals surface area (Å²) in [4.78, 5) is 29.4. The Morgan fingerprint density at radius 2 is 2.12 bits per heavy atom. The number of carboxylic acids is 1. The molecule has 8 heteroatoms. The van der Waals surface area contributed by atoms with E-state index in [-0.39, 0.29) is 11.3 Å². The first-order valence-electron chi connectivity index (χ1n) is 7.66. The normalized spacial score (nSPS) is 12.0. The molecule has 0 aliphatic carbocycles. The molecular weight excluding hydrogens is 312 g/mol. The summed E-state index contributed by atoms with van der Waals surface area (Å²) < 4.78 is 5.44. The van der Waals surface area contributed by atoms with Crippen molar-refractivity contribution >= 4 is 23.0 Å². The molecule has 0 saturated heterocycles. The van der Waals surface area contributed by atoms with E-state index in [4.69, 9.17) is 4.74 Å². The van der Waals surface area contributed by atoms with Crippen molar-refractivity contribution in [1.82, 2.24) is 9.97 Å². The van der Waals surface area contributed by atoms with Crippen LogP contribution in [0.15, 0.2) is 23.3 Å². The van der Waals surface area contributed by atoms with Gasteiger partial charge in [0.15, 0.2) is 0 Å². The Morgan fingerprint density at radius 1 is 1.38 bits per heavy atom. The lowest BCUT2D eigenvalue weighted by molar-refractivity contribution is 0.0696. The fourth-order valence-corrected chi connectivity index (χ4v) is 2.29. The van der Waals surface area contributed by atoms with Gasteiger partial charge in [-0.3, -0.25) is 4.79 Å². The van der Waals surface area contributed by atoms with Crippen LogP contribution in [0.3, 0.4) is 0 Å². The molecular formula is C16H20N4O4. The maximum absolute atomic E-state index is 11.7. The number of pyridine rings is 2. The lowest BCUT2D eigenvalue weighted by atomic mass is 10.1. The maximum atomic E-state index is 11.7. The van der Waals surface area contributed by atoms with Gasteiger partial charge in [-0.25, -0.2) is 9.78 Å². The molecule has 0 atom stereocenters. The SMILES string of the molecule is CC.Cc1c(Nc2cc[nH]c(=O)c2C(=O)O)cnc2c1NCCO2. The van der Waals surface area contributed by atoms with Crippen LogP contribution in [0.4, 0.5) is 17.1 Å². The molecule has 128 valence electrons. The van der Waals surface area contributed by atoms with Crippen molar-refractivity contribution in [1.29, 1.82) is 0 Å². The van der Waals surface area contributed by atoms with E-state index in [1.54, 1.807) is 6.20 Å². The molecule has 0 amide bonds. The number of hydrogen-bond acceptors (Lipinski definition) is 6. The Hall–Kier alpha value is -3.03. The molecule has 1 aliphatic rings. The van der Waals surface area contributed by atoms with Crippen LogP contribution in [0.5, 0.6) is 5.88 Å². The van der Waals surface area contributed by atoms with Crippen LogP contribution in [-0.4, -0.2) is 34.2 Å². The van der Waals surface area contributed by atoms with Crippen molar-refractivity contribution in [2.75, 3.05) is 23.8 Å². The Kier molecular flexibility index (Phi) is 5.41. The van der Waals surface area contributed by atoms with Crippen LogP contribution in [0.25, 0.3) is 0 Å². The Labute approximate surface area is 138 Å². The number of anilines is 3. The summed E-state index contributed by atoms with van der Waals surface area (Å²) >= 11 is 0. The quantitative estimate of drug-likeness (QED) is 0.681. The molecule has 0 unspecified atom stereocenters. The molecule has 3 heterocycles. The van der Waals surface area contributed by atoms with Crippen LogP contribution in [-0.2, 0) is 0 Å². The molecule has 2 aromatic heterocycles. The molecule has 3 rings (SSSR count). The number of H-pyrrole nitrogens is 1. The van der Waals surface area contributed by atoms with E-state index in [0.717, 1.165) is 11.3 Å². The number of carbonyl (C=O) groups is 1. The highest BCUT2D eigenvalue weighted by molar-refractivity contribution is 5.95. The predicted octanol–water partition coefficient (Wildman–Crippen LogP) is 2.35. The summed E-state index contributed by atoms with van der Waals surface area (Å²) in [7, 11) is 0. The number of ether oxygens (including phenoxy) is 1. The molecule has 0 radical (unpaired) electrons. The highest BCUT2D eigenvalue weighted by Gasteiger charge is 2.19. The average Bonchev–Trinajstić information content (AvgIpc) is 2.59. The zero-order valence-corrected chi connectivity index (χ0v) is 13.8. The van der Waals surface area contributed by atoms with Crippen molar-refractivity contribution in [2.45, 2.75) is 20.8 Å². The van der Waals surface area contributed by atoms with Crippen LogP contribution in [0, 0.1) is 6.92 Å². The summed E-state index contributed by atoms with van der Waals surface area (Å²) in [5.41, 5.74) is 1.40. The van der Waals surface area contributed by atoms with Gasteiger partial charge in [0.05, 0.1) is 17.6 Å². The molecule has 2 aromatic rings. The van der Waals surface area contributed by atoms with Gasteiger partial charge in [-0.1, -0.05) is 13.8 Å². The maximum Gasteiger partial charge on any atom is 0.343 e. The Balaban J connectivity index is 0.00000100. The fraction of sp³-hybridized carbons (Fsp3) is 0.312. The van der Waals surface area contributed by atoms with Crippen molar-refractivity contribution in [3.63, 3.8) is 0 Å². The number of aromatic nitrogens is 2. The van der Waals surface area contributed by atoms with E-state index in [1.165, 1.54) is 12.3 Å². The number of carboxylic acid groups (broad SMARTS) is 1. The third-order valence-corrected chi connectivity index (χ3v) is 3.39. The van der Waals surface area contributed by atoms with Crippen molar-refractivity contribution in [3.8, 4) is 5.88 Å². The molecule has 24 heavy (non-hydrogen) atoms. The van der Waals surface area contributed by atoms with Crippen molar-refractivity contribution < 1.29 is 14.6 Å². The smallest absolute Gasteiger partial charge is 0.343 e. The van der Waals surface area contributed by atoms with E-state index in [1.807, 2.05) is 20.8 Å². The standard InChI is InChI=1S/C14H14N4O4.C2H6/c1-7-9(6-17-13-11(7)15-4-5-22-13)18-8-2-3-16-12(19)10(8)14(20)21;1-2/h2-3,6,15H,4-5H2,1H3,(H,20,21)(H2,16,18,19);1-2H3. The van der Waals surface area contributed by atoms with Gasteiger partial charge < -0.3 is 25.5 Å². The van der Waals surface area contributed by atoms with Crippen LogP contribution in [0.2, 0.25) is 0 Å². The van der Waals surface area contributed by atoms with E-state index < -0.39 is 11.5 Å². The number of rotatable bonds is 3. The number of hydrogen-bond donors (Lipinski definition) is 4. The largest absolute Gasteiger partial charge is 0.477 e. The first kappa shape index (κ1) is 17.3. The van der Waals surface area contributed by atoms with E-state index in [9.17, 15) is 14.7 Å². The van der Waals surface area contributed by atoms with E-state index in [0.29, 0.717) is 24.7 Å². The fourth-order valence-electron chi connectivity index (χ4n) is 2.29. The topological polar surface area (TPSA) is 116 Å². The third-order valence-electron chi connectivity index (χ3n) is 3.39. The van der Waals surface area contributed by atoms with Gasteiger partial charge in [0.2, 0.25) is 5.88 Å². The summed E-state index contributed by atoms with van der Waals surface area (Å²) in [6, 6.07) is 1.49. The monoisotopic (exact) mass is 332 g/mol. The van der Waals surface area contributed by atoms with Gasteiger partial charge in [-0.2, -0.15) is 0 Å². The molecule has 4 N–H and O–H groups in total. The molecule has 0 bridgehead atoms. The first-order valence-corrected chi connectivity index (χ1v) is 7.66. The second-order valence-electron chi connectivity index (χ2n) is 4.78.